The van der Waals surface area contributed by atoms with Gasteiger partial charge in [0, 0.05) is 27.2 Å². The fourth-order valence-corrected chi connectivity index (χ4v) is 3.96. The number of hydrogen-bond donors (Lipinski definition) is 0. The minimum atomic E-state index is -0.812. The standard InChI is InChI=1S/C13H26O5Si/c1-5-19-18-12(14-2)13(15-3,16-4)9-6-7-10-11(8-9)17-10/h9-12H,5-8,19H2,1-4H3. The molecule has 0 N–H and O–H groups in total. The molecule has 1 saturated carbocycles. The molecule has 0 radical (unpaired) electrons. The molecule has 1 saturated heterocycles. The lowest BCUT2D eigenvalue weighted by Crippen LogP contribution is -2.55. The van der Waals surface area contributed by atoms with E-state index in [0.29, 0.717) is 12.2 Å². The molecule has 112 valence electrons. The molecule has 0 spiro atoms. The fraction of sp³-hybridized carbons (Fsp3) is 1.00. The Morgan fingerprint density at radius 1 is 1.21 bits per heavy atom. The molecule has 1 aliphatic heterocycles. The summed E-state index contributed by atoms with van der Waals surface area (Å²) in [6.45, 7) is 2.13. The van der Waals surface area contributed by atoms with Crippen LogP contribution in [-0.2, 0) is 23.4 Å². The minimum Gasteiger partial charge on any atom is -0.396 e. The van der Waals surface area contributed by atoms with Crippen LogP contribution in [-0.4, -0.2) is 55.4 Å². The van der Waals surface area contributed by atoms with Gasteiger partial charge in [0.25, 0.3) is 0 Å². The van der Waals surface area contributed by atoms with Crippen molar-refractivity contribution < 1.29 is 23.4 Å². The second kappa shape index (κ2) is 6.65. The molecule has 19 heavy (non-hydrogen) atoms. The first-order valence-corrected chi connectivity index (χ1v) is 8.69. The van der Waals surface area contributed by atoms with Crippen LogP contribution in [0.1, 0.15) is 26.2 Å². The maximum Gasteiger partial charge on any atom is 0.222 e. The Kier molecular flexibility index (Phi) is 5.39. The van der Waals surface area contributed by atoms with E-state index in [1.165, 1.54) is 0 Å². The van der Waals surface area contributed by atoms with Crippen LogP contribution in [0.4, 0.5) is 0 Å². The lowest BCUT2D eigenvalue weighted by Gasteiger charge is -2.43. The molecule has 0 aromatic carbocycles. The molecule has 1 aliphatic carbocycles. The monoisotopic (exact) mass is 290 g/mol. The van der Waals surface area contributed by atoms with Crippen LogP contribution in [0.3, 0.4) is 0 Å². The van der Waals surface area contributed by atoms with Gasteiger partial charge in [-0.05, 0) is 25.3 Å². The molecule has 0 aromatic rings. The highest BCUT2D eigenvalue weighted by atomic mass is 28.2. The SMILES string of the molecule is CC[SiH2]OC(OC)C(OC)(OC)C1CCC2OC2C1. The Morgan fingerprint density at radius 3 is 2.47 bits per heavy atom. The predicted molar refractivity (Wildman–Crippen MR) is 73.7 cm³/mol. The molecule has 2 aliphatic rings. The Labute approximate surface area is 117 Å². The van der Waals surface area contributed by atoms with Crippen LogP contribution in [0.15, 0.2) is 0 Å². The minimum absolute atomic E-state index is 0.252. The van der Waals surface area contributed by atoms with Gasteiger partial charge < -0.3 is 23.4 Å². The molecule has 0 bridgehead atoms. The summed E-state index contributed by atoms with van der Waals surface area (Å²) in [5.41, 5.74) is 0. The molecule has 0 amide bonds. The fourth-order valence-electron chi connectivity index (χ4n) is 3.14. The second-order valence-electron chi connectivity index (χ2n) is 5.29. The Hall–Kier alpha value is 0.0169. The smallest absolute Gasteiger partial charge is 0.222 e. The number of ether oxygens (including phenoxy) is 4. The lowest BCUT2D eigenvalue weighted by molar-refractivity contribution is -0.337. The van der Waals surface area contributed by atoms with Crippen LogP contribution in [0.5, 0.6) is 0 Å². The van der Waals surface area contributed by atoms with Crippen molar-refractivity contribution in [2.24, 2.45) is 5.92 Å². The van der Waals surface area contributed by atoms with Gasteiger partial charge in [-0.2, -0.15) is 0 Å². The van der Waals surface area contributed by atoms with E-state index in [4.69, 9.17) is 23.4 Å². The summed E-state index contributed by atoms with van der Waals surface area (Å²) < 4.78 is 28.5. The van der Waals surface area contributed by atoms with Crippen molar-refractivity contribution in [3.05, 3.63) is 0 Å². The summed E-state index contributed by atoms with van der Waals surface area (Å²) in [7, 11) is 4.41. The summed E-state index contributed by atoms with van der Waals surface area (Å²) in [5, 5.41) is 0. The van der Waals surface area contributed by atoms with Crippen molar-refractivity contribution in [3.8, 4) is 0 Å². The number of rotatable bonds is 8. The van der Waals surface area contributed by atoms with Gasteiger partial charge >= 0.3 is 0 Å². The van der Waals surface area contributed by atoms with E-state index in [2.05, 4.69) is 6.92 Å². The van der Waals surface area contributed by atoms with Crippen LogP contribution in [0.2, 0.25) is 6.04 Å². The van der Waals surface area contributed by atoms with E-state index in [1.54, 1.807) is 21.3 Å². The number of epoxide rings is 1. The zero-order valence-electron chi connectivity index (χ0n) is 12.4. The maximum atomic E-state index is 5.92. The average Bonchev–Trinajstić information content (AvgIpc) is 3.22. The lowest BCUT2D eigenvalue weighted by atomic mass is 9.82. The Balaban J connectivity index is 2.09. The molecule has 2 fully saturated rings. The van der Waals surface area contributed by atoms with Gasteiger partial charge in [0.1, 0.15) is 0 Å². The molecule has 5 nitrogen and oxygen atoms in total. The van der Waals surface area contributed by atoms with Crippen LogP contribution in [0.25, 0.3) is 0 Å². The van der Waals surface area contributed by atoms with Gasteiger partial charge in [0.15, 0.2) is 9.76 Å². The third kappa shape index (κ3) is 3.04. The maximum absolute atomic E-state index is 5.92. The summed E-state index contributed by atoms with van der Waals surface area (Å²) in [6, 6.07) is 1.07. The van der Waals surface area contributed by atoms with Crippen molar-refractivity contribution in [1.29, 1.82) is 0 Å². The molecule has 6 heteroatoms. The van der Waals surface area contributed by atoms with Crippen LogP contribution < -0.4 is 0 Å². The van der Waals surface area contributed by atoms with Crippen molar-refractivity contribution in [2.75, 3.05) is 21.3 Å². The largest absolute Gasteiger partial charge is 0.396 e. The van der Waals surface area contributed by atoms with E-state index in [0.717, 1.165) is 25.3 Å². The van der Waals surface area contributed by atoms with Crippen molar-refractivity contribution in [2.45, 2.75) is 56.5 Å². The summed E-state index contributed by atoms with van der Waals surface area (Å²) in [5.74, 6) is -0.560. The number of fused-ring (bicyclic) bond motifs is 1. The van der Waals surface area contributed by atoms with Gasteiger partial charge in [-0.25, -0.2) is 0 Å². The number of hydrogen-bond acceptors (Lipinski definition) is 5. The van der Waals surface area contributed by atoms with E-state index in [-0.39, 0.29) is 5.92 Å². The van der Waals surface area contributed by atoms with E-state index in [1.807, 2.05) is 0 Å². The van der Waals surface area contributed by atoms with Crippen LogP contribution >= 0.6 is 0 Å². The first-order valence-electron chi connectivity index (χ1n) is 7.12. The molecule has 1 heterocycles. The Bertz CT molecular complexity index is 284. The quantitative estimate of drug-likeness (QED) is 0.380. The molecular formula is C13H26O5Si. The van der Waals surface area contributed by atoms with Gasteiger partial charge in [-0.15, -0.1) is 0 Å². The molecule has 0 aromatic heterocycles. The molecule has 4 atom stereocenters. The summed E-state index contributed by atoms with van der Waals surface area (Å²) in [4.78, 5) is 0. The van der Waals surface area contributed by atoms with E-state index >= 15 is 0 Å². The van der Waals surface area contributed by atoms with E-state index < -0.39 is 21.8 Å². The number of methoxy groups -OCH3 is 3. The summed E-state index contributed by atoms with van der Waals surface area (Å²) in [6.07, 6.45) is 3.46. The van der Waals surface area contributed by atoms with Gasteiger partial charge in [-0.3, -0.25) is 0 Å². The van der Waals surface area contributed by atoms with Gasteiger partial charge in [0.05, 0.1) is 12.2 Å². The highest BCUT2D eigenvalue weighted by Crippen LogP contribution is 2.46. The van der Waals surface area contributed by atoms with Crippen molar-refractivity contribution in [3.63, 3.8) is 0 Å². The first-order chi connectivity index (χ1) is 9.21. The van der Waals surface area contributed by atoms with Gasteiger partial charge in [0.2, 0.25) is 12.1 Å². The predicted octanol–water partition coefficient (Wildman–Crippen LogP) is 1.05. The molecule has 2 rings (SSSR count). The highest BCUT2D eigenvalue weighted by molar-refractivity contribution is 6.26. The van der Waals surface area contributed by atoms with Crippen molar-refractivity contribution in [1.82, 2.24) is 0 Å². The normalized spacial score (nSPS) is 32.5. The van der Waals surface area contributed by atoms with Crippen molar-refractivity contribution >= 4 is 9.76 Å². The summed E-state index contributed by atoms with van der Waals surface area (Å²) >= 11 is 0. The zero-order chi connectivity index (χ0) is 13.9. The second-order valence-corrected chi connectivity index (χ2v) is 7.03. The molecule has 4 unspecified atom stereocenters. The van der Waals surface area contributed by atoms with E-state index in [9.17, 15) is 0 Å². The third-order valence-corrected chi connectivity index (χ3v) is 5.17. The topological polar surface area (TPSA) is 49.5 Å². The third-order valence-electron chi connectivity index (χ3n) is 4.23. The average molecular weight is 290 g/mol. The Morgan fingerprint density at radius 2 is 1.95 bits per heavy atom. The highest BCUT2D eigenvalue weighted by Gasteiger charge is 2.55. The first kappa shape index (κ1) is 15.4. The van der Waals surface area contributed by atoms with Crippen LogP contribution in [0, 0.1) is 5.92 Å². The van der Waals surface area contributed by atoms with Gasteiger partial charge in [-0.1, -0.05) is 6.92 Å². The zero-order valence-corrected chi connectivity index (χ0v) is 13.8. The molecular weight excluding hydrogens is 264 g/mol.